The van der Waals surface area contributed by atoms with E-state index in [4.69, 9.17) is 9.47 Å². The van der Waals surface area contributed by atoms with E-state index in [2.05, 4.69) is 29.2 Å². The molecule has 1 aliphatic heterocycles. The van der Waals surface area contributed by atoms with Crippen LogP contribution < -0.4 is 9.47 Å². The number of benzene rings is 2. The molecule has 1 aliphatic rings. The SMILES string of the molecule is COc1ccc(CN2CCC(O)CC2)cc1OCc1ccccc1. The number of ether oxygens (including phenoxy) is 2. The van der Waals surface area contributed by atoms with Gasteiger partial charge in [-0.05, 0) is 36.1 Å². The molecule has 3 rings (SSSR count). The zero-order valence-electron chi connectivity index (χ0n) is 14.1. The Morgan fingerprint density at radius 1 is 1.00 bits per heavy atom. The molecular weight excluding hydrogens is 302 g/mol. The van der Waals surface area contributed by atoms with Gasteiger partial charge in [-0.25, -0.2) is 0 Å². The van der Waals surface area contributed by atoms with E-state index in [1.165, 1.54) is 5.56 Å². The molecule has 128 valence electrons. The zero-order chi connectivity index (χ0) is 16.8. The molecule has 1 heterocycles. The minimum Gasteiger partial charge on any atom is -0.493 e. The fourth-order valence-corrected chi connectivity index (χ4v) is 3.00. The van der Waals surface area contributed by atoms with Crippen molar-refractivity contribution in [1.82, 2.24) is 4.90 Å². The second kappa shape index (κ2) is 8.18. The summed E-state index contributed by atoms with van der Waals surface area (Å²) < 4.78 is 11.4. The summed E-state index contributed by atoms with van der Waals surface area (Å²) in [5, 5.41) is 9.62. The topological polar surface area (TPSA) is 41.9 Å². The molecule has 0 bridgehead atoms. The molecule has 2 aromatic carbocycles. The highest BCUT2D eigenvalue weighted by Crippen LogP contribution is 2.29. The summed E-state index contributed by atoms with van der Waals surface area (Å²) in [5.41, 5.74) is 2.34. The maximum absolute atomic E-state index is 9.62. The fraction of sp³-hybridized carbons (Fsp3) is 0.400. The molecule has 0 aromatic heterocycles. The van der Waals surface area contributed by atoms with Crippen LogP contribution in [0, 0.1) is 0 Å². The van der Waals surface area contributed by atoms with Gasteiger partial charge in [0.05, 0.1) is 13.2 Å². The molecule has 0 saturated carbocycles. The first-order chi connectivity index (χ1) is 11.7. The molecule has 1 fully saturated rings. The van der Waals surface area contributed by atoms with E-state index >= 15 is 0 Å². The predicted octanol–water partition coefficient (Wildman–Crippen LogP) is 3.23. The molecule has 0 unspecified atom stereocenters. The van der Waals surface area contributed by atoms with Crippen LogP contribution in [0.15, 0.2) is 48.5 Å². The summed E-state index contributed by atoms with van der Waals surface area (Å²) in [5.74, 6) is 1.53. The average Bonchev–Trinajstić information content (AvgIpc) is 2.63. The van der Waals surface area contributed by atoms with Gasteiger partial charge in [-0.2, -0.15) is 0 Å². The molecule has 24 heavy (non-hydrogen) atoms. The van der Waals surface area contributed by atoms with Crippen molar-refractivity contribution in [2.45, 2.75) is 32.1 Å². The molecule has 0 spiro atoms. The maximum Gasteiger partial charge on any atom is 0.161 e. The van der Waals surface area contributed by atoms with Crippen LogP contribution in [-0.2, 0) is 13.2 Å². The molecule has 0 aliphatic carbocycles. The number of nitrogens with zero attached hydrogens (tertiary/aromatic N) is 1. The molecule has 4 nitrogen and oxygen atoms in total. The molecule has 0 radical (unpaired) electrons. The van der Waals surface area contributed by atoms with Gasteiger partial charge >= 0.3 is 0 Å². The van der Waals surface area contributed by atoms with Gasteiger partial charge in [0.25, 0.3) is 0 Å². The Morgan fingerprint density at radius 3 is 2.46 bits per heavy atom. The summed E-state index contributed by atoms with van der Waals surface area (Å²) in [6.45, 7) is 3.27. The van der Waals surface area contributed by atoms with E-state index in [1.54, 1.807) is 7.11 Å². The summed E-state index contributed by atoms with van der Waals surface area (Å²) in [6.07, 6.45) is 1.57. The number of aliphatic hydroxyl groups excluding tert-OH is 1. The van der Waals surface area contributed by atoms with Gasteiger partial charge < -0.3 is 14.6 Å². The van der Waals surface area contributed by atoms with E-state index in [9.17, 15) is 5.11 Å². The lowest BCUT2D eigenvalue weighted by molar-refractivity contribution is 0.0792. The summed E-state index contributed by atoms with van der Waals surface area (Å²) >= 11 is 0. The third-order valence-electron chi connectivity index (χ3n) is 4.43. The van der Waals surface area contributed by atoms with Crippen molar-refractivity contribution in [2.75, 3.05) is 20.2 Å². The van der Waals surface area contributed by atoms with Crippen LogP contribution in [0.25, 0.3) is 0 Å². The first-order valence-electron chi connectivity index (χ1n) is 8.48. The number of rotatable bonds is 6. The zero-order valence-corrected chi connectivity index (χ0v) is 14.1. The van der Waals surface area contributed by atoms with Crippen LogP contribution in [0.5, 0.6) is 11.5 Å². The van der Waals surface area contributed by atoms with Gasteiger partial charge in [-0.15, -0.1) is 0 Å². The van der Waals surface area contributed by atoms with Gasteiger partial charge in [0, 0.05) is 19.6 Å². The largest absolute Gasteiger partial charge is 0.493 e. The minimum atomic E-state index is -0.137. The lowest BCUT2D eigenvalue weighted by Gasteiger charge is -2.29. The smallest absolute Gasteiger partial charge is 0.161 e. The average molecular weight is 327 g/mol. The molecule has 0 amide bonds. The van der Waals surface area contributed by atoms with E-state index in [1.807, 2.05) is 24.3 Å². The quantitative estimate of drug-likeness (QED) is 0.884. The summed E-state index contributed by atoms with van der Waals surface area (Å²) in [7, 11) is 1.66. The predicted molar refractivity (Wildman–Crippen MR) is 94.3 cm³/mol. The Balaban J connectivity index is 1.66. The van der Waals surface area contributed by atoms with Gasteiger partial charge in [0.1, 0.15) is 6.61 Å². The molecule has 4 heteroatoms. The summed E-state index contributed by atoms with van der Waals surface area (Å²) in [4.78, 5) is 2.37. The van der Waals surface area contributed by atoms with E-state index in [0.717, 1.165) is 49.5 Å². The molecule has 0 atom stereocenters. The highest BCUT2D eigenvalue weighted by Gasteiger charge is 2.17. The Bertz CT molecular complexity index is 637. The number of hydrogen-bond donors (Lipinski definition) is 1. The van der Waals surface area contributed by atoms with E-state index in [0.29, 0.717) is 6.61 Å². The van der Waals surface area contributed by atoms with Crippen LogP contribution in [0.2, 0.25) is 0 Å². The van der Waals surface area contributed by atoms with Gasteiger partial charge in [0.15, 0.2) is 11.5 Å². The summed E-state index contributed by atoms with van der Waals surface area (Å²) in [6, 6.07) is 16.2. The highest BCUT2D eigenvalue weighted by atomic mass is 16.5. The van der Waals surface area contributed by atoms with Crippen LogP contribution in [0.1, 0.15) is 24.0 Å². The second-order valence-corrected chi connectivity index (χ2v) is 6.27. The van der Waals surface area contributed by atoms with Crippen LogP contribution in [-0.4, -0.2) is 36.3 Å². The number of aliphatic hydroxyl groups is 1. The number of likely N-dealkylation sites (tertiary alicyclic amines) is 1. The third-order valence-corrected chi connectivity index (χ3v) is 4.43. The Labute approximate surface area is 143 Å². The van der Waals surface area contributed by atoms with Crippen molar-refractivity contribution < 1.29 is 14.6 Å². The van der Waals surface area contributed by atoms with Crippen molar-refractivity contribution in [1.29, 1.82) is 0 Å². The first kappa shape index (κ1) is 16.8. The maximum atomic E-state index is 9.62. The lowest BCUT2D eigenvalue weighted by atomic mass is 10.1. The van der Waals surface area contributed by atoms with Gasteiger partial charge in [-0.3, -0.25) is 4.90 Å². The Hall–Kier alpha value is -2.04. The van der Waals surface area contributed by atoms with Crippen LogP contribution in [0.3, 0.4) is 0 Å². The van der Waals surface area contributed by atoms with Crippen molar-refractivity contribution in [2.24, 2.45) is 0 Å². The first-order valence-corrected chi connectivity index (χ1v) is 8.48. The number of hydrogen-bond acceptors (Lipinski definition) is 4. The molecule has 2 aromatic rings. The Kier molecular flexibility index (Phi) is 5.72. The van der Waals surface area contributed by atoms with Crippen molar-refractivity contribution >= 4 is 0 Å². The number of piperidine rings is 1. The van der Waals surface area contributed by atoms with Gasteiger partial charge in [0.2, 0.25) is 0 Å². The molecular formula is C20H25NO3. The van der Waals surface area contributed by atoms with Gasteiger partial charge in [-0.1, -0.05) is 36.4 Å². The molecule has 1 saturated heterocycles. The highest BCUT2D eigenvalue weighted by molar-refractivity contribution is 5.43. The lowest BCUT2D eigenvalue weighted by Crippen LogP contribution is -2.35. The standard InChI is InChI=1S/C20H25NO3/c1-23-19-8-7-17(14-21-11-9-18(22)10-12-21)13-20(19)24-15-16-5-3-2-4-6-16/h2-8,13,18,22H,9-12,14-15H2,1H3. The van der Waals surface area contributed by atoms with E-state index < -0.39 is 0 Å². The second-order valence-electron chi connectivity index (χ2n) is 6.27. The Morgan fingerprint density at radius 2 is 1.75 bits per heavy atom. The van der Waals surface area contributed by atoms with Crippen molar-refractivity contribution in [3.05, 3.63) is 59.7 Å². The number of methoxy groups -OCH3 is 1. The normalized spacial score (nSPS) is 16.1. The van der Waals surface area contributed by atoms with Crippen molar-refractivity contribution in [3.8, 4) is 11.5 Å². The fourth-order valence-electron chi connectivity index (χ4n) is 3.00. The monoisotopic (exact) mass is 327 g/mol. The third kappa shape index (κ3) is 4.49. The molecule has 1 N–H and O–H groups in total. The minimum absolute atomic E-state index is 0.137. The van der Waals surface area contributed by atoms with Crippen LogP contribution >= 0.6 is 0 Å². The van der Waals surface area contributed by atoms with E-state index in [-0.39, 0.29) is 6.10 Å². The van der Waals surface area contributed by atoms with Crippen molar-refractivity contribution in [3.63, 3.8) is 0 Å². The van der Waals surface area contributed by atoms with Crippen LogP contribution in [0.4, 0.5) is 0 Å².